The Morgan fingerprint density at radius 2 is 1.34 bits per heavy atom. The Morgan fingerprint density at radius 3 is 1.91 bits per heavy atom. The van der Waals surface area contributed by atoms with Crippen molar-refractivity contribution in [2.24, 2.45) is 5.92 Å². The van der Waals surface area contributed by atoms with E-state index in [2.05, 4.69) is 63.1 Å². The van der Waals surface area contributed by atoms with Crippen LogP contribution < -0.4 is 35.6 Å². The summed E-state index contributed by atoms with van der Waals surface area (Å²) in [6, 6.07) is 31.9. The van der Waals surface area contributed by atoms with Gasteiger partial charge in [-0.25, -0.2) is 19.6 Å². The topological polar surface area (TPSA) is 311 Å². The molecule has 9 rings (SSSR count). The summed E-state index contributed by atoms with van der Waals surface area (Å²) in [7, 11) is 8.91. The highest BCUT2D eigenvalue weighted by molar-refractivity contribution is 8.76. The Bertz CT molecular complexity index is 4150. The number of alkyl carbamates (subject to hydrolysis) is 1. The first kappa shape index (κ1) is 89.9. The largest absolute Gasteiger partial charge is 0.495 e. The standard InChI is InChI=1S/C86H113ClN12O14S2/c1-11-13-15-34-77(101)93-74-32-24-29-66(91-74)56-98(54-64-27-17-19-38-88-64)52-62-45-63(53-99(55-65-28-18-20-39-89-65)57-67-30-25-33-75(92-67)94-78(102)35-16-14-12-2)47-68(46-62)110-41-22-21-40-90-76(100)36-42-114-115-43-37-79(103)96(7)60(5)83(105)112-73-50-80(104)97(8)69-48-61(49-70(108-9)81(69)87)44-58(3)26-23-31-72(109-10)86(107)51-71(111-84(106)95-86)59(4)82-85(73,6)113-82/h17-20,23-33,38-39,45-49,59-60,71-73,82,107H,11-16,21-22,34-37,40-44,50-57H2,1-10H3,(H,90,100)(H,95,106)(H,91,93,101)(H,92,94,102)/b31-23+,58-26+/t59-,60+,71+,72-,73-,82?,85+,86+/m0/s1. The number of nitrogens with one attached hydrogen (secondary N) is 4. The number of methoxy groups -OCH3 is 2. The minimum atomic E-state index is -1.88. The van der Waals surface area contributed by atoms with Crippen LogP contribution in [0.25, 0.3) is 0 Å². The van der Waals surface area contributed by atoms with Gasteiger partial charge in [0.25, 0.3) is 0 Å². The smallest absolute Gasteiger partial charge is 0.409 e. The quantitative estimate of drug-likeness (QED) is 0.0103. The van der Waals surface area contributed by atoms with Gasteiger partial charge in [0.05, 0.1) is 54.7 Å². The fourth-order valence-electron chi connectivity index (χ4n) is 14.0. The number of esters is 1. The number of fused-ring (bicyclic) bond motifs is 5. The summed E-state index contributed by atoms with van der Waals surface area (Å²) in [5.74, 6) is 0.530. The van der Waals surface area contributed by atoms with Crippen molar-refractivity contribution in [3.05, 3.63) is 184 Å². The lowest BCUT2D eigenvalue weighted by molar-refractivity contribution is -0.162. The van der Waals surface area contributed by atoms with Gasteiger partial charge in [0.1, 0.15) is 58.1 Å². The molecule has 0 aliphatic carbocycles. The molecule has 29 heteroatoms. The number of nitrogens with zero attached hydrogens (tertiary/aromatic N) is 8. The number of rotatable bonds is 40. The average Bonchev–Trinajstić information content (AvgIpc) is 1.57. The zero-order valence-corrected chi connectivity index (χ0v) is 70.3. The van der Waals surface area contributed by atoms with Gasteiger partial charge in [0.15, 0.2) is 5.72 Å². The molecule has 0 spiro atoms. The number of unbranched alkanes of at least 4 members (excludes halogenated alkanes) is 5. The van der Waals surface area contributed by atoms with Crippen LogP contribution in [0, 0.1) is 5.92 Å². The van der Waals surface area contributed by atoms with Crippen LogP contribution in [-0.2, 0) is 93.4 Å². The van der Waals surface area contributed by atoms with E-state index in [9.17, 15) is 38.7 Å². The molecule has 4 aromatic heterocycles. The van der Waals surface area contributed by atoms with E-state index < -0.39 is 65.7 Å². The van der Waals surface area contributed by atoms with Crippen LogP contribution in [0.1, 0.15) is 171 Å². The number of aromatic nitrogens is 4. The summed E-state index contributed by atoms with van der Waals surface area (Å²) in [5, 5.41) is 23.7. The Labute approximate surface area is 689 Å². The monoisotopic (exact) mass is 1640 g/mol. The second kappa shape index (κ2) is 44.9. The van der Waals surface area contributed by atoms with Crippen molar-refractivity contribution < 1.29 is 67.1 Å². The van der Waals surface area contributed by atoms with Crippen LogP contribution >= 0.6 is 33.2 Å². The first-order valence-electron chi connectivity index (χ1n) is 39.7. The summed E-state index contributed by atoms with van der Waals surface area (Å²) in [6.45, 7) is 14.9. The number of carbonyl (C=O) groups is 7. The summed E-state index contributed by atoms with van der Waals surface area (Å²) in [6.07, 6.45) is 12.2. The van der Waals surface area contributed by atoms with E-state index in [1.165, 1.54) is 52.7 Å². The molecule has 6 aromatic rings. The number of epoxide rings is 1. The molecule has 2 saturated heterocycles. The highest BCUT2D eigenvalue weighted by atomic mass is 35.5. The van der Waals surface area contributed by atoms with Crippen molar-refractivity contribution >= 4 is 92.1 Å². The molecule has 620 valence electrons. The van der Waals surface area contributed by atoms with Crippen molar-refractivity contribution in [3.63, 3.8) is 0 Å². The molecule has 5 N–H and O–H groups in total. The second-order valence-corrected chi connectivity index (χ2v) is 33.0. The predicted octanol–water partition coefficient (Wildman–Crippen LogP) is 13.7. The average molecular weight is 1640 g/mol. The van der Waals surface area contributed by atoms with Gasteiger partial charge in [-0.2, -0.15) is 0 Å². The maximum Gasteiger partial charge on any atom is 0.409 e. The lowest BCUT2D eigenvalue weighted by Gasteiger charge is -2.42. The molecule has 4 bridgehead atoms. The van der Waals surface area contributed by atoms with Crippen molar-refractivity contribution in [1.29, 1.82) is 0 Å². The number of ether oxygens (including phenoxy) is 6. The zero-order chi connectivity index (χ0) is 82.4. The lowest BCUT2D eigenvalue weighted by atomic mass is 9.83. The van der Waals surface area contributed by atoms with E-state index >= 15 is 0 Å². The number of anilines is 3. The number of pyridine rings is 4. The maximum atomic E-state index is 14.5. The first-order valence-corrected chi connectivity index (χ1v) is 42.6. The van der Waals surface area contributed by atoms with Crippen molar-refractivity contribution in [3.8, 4) is 11.5 Å². The maximum absolute atomic E-state index is 14.5. The summed E-state index contributed by atoms with van der Waals surface area (Å²) >= 11 is 6.89. The van der Waals surface area contributed by atoms with Crippen LogP contribution in [0.3, 0.4) is 0 Å². The normalized spacial score (nSPS) is 20.5. The Morgan fingerprint density at radius 1 is 0.748 bits per heavy atom. The number of likely N-dealkylation sites (N-methyl/N-ethyl adjacent to an activating group) is 1. The number of hydrogen-bond donors (Lipinski definition) is 5. The summed E-state index contributed by atoms with van der Waals surface area (Å²) < 4.78 is 36.4. The van der Waals surface area contributed by atoms with Gasteiger partial charge in [0.2, 0.25) is 29.5 Å². The summed E-state index contributed by atoms with van der Waals surface area (Å²) in [5.41, 5.74) is 4.17. The Balaban J connectivity index is 0.789. The predicted molar refractivity (Wildman–Crippen MR) is 448 cm³/mol. The molecule has 3 aliphatic rings. The van der Waals surface area contributed by atoms with Crippen molar-refractivity contribution in [2.75, 3.05) is 68.5 Å². The SMILES string of the molecule is CCCCCC(=O)Nc1cccc(CN(Cc2cc(CN(Cc3ccccn3)Cc3cccc(NC(=O)CCCCC)n3)cc(OCCCCNC(=O)CCSSCCC(=O)N(C)[C@H](C)C(=O)O[C@H]3CC(=O)N(C)c4cc(cc(OC)c4Cl)C/C(C)=C/C=C/[C@H](OC)[C@]4(O)C[C@@H](OC(=O)N4)[C@H](C)C4O[C@@]43C)c2)Cc2ccccn2)n1. The van der Waals surface area contributed by atoms with Gasteiger partial charge < -0.3 is 59.3 Å². The molecule has 0 radical (unpaired) electrons. The van der Waals surface area contributed by atoms with Crippen LogP contribution in [0.4, 0.5) is 22.1 Å². The number of hydrogen-bond acceptors (Lipinski definition) is 22. The third-order valence-corrected chi connectivity index (χ3v) is 23.4. The number of amides is 6. The van der Waals surface area contributed by atoms with Gasteiger partial charge in [0, 0.05) is 129 Å². The molecule has 26 nitrogen and oxygen atoms in total. The highest BCUT2D eigenvalue weighted by Gasteiger charge is 2.64. The second-order valence-electron chi connectivity index (χ2n) is 29.9. The molecule has 6 amide bonds. The molecule has 2 fully saturated rings. The van der Waals surface area contributed by atoms with Crippen LogP contribution in [0.2, 0.25) is 5.02 Å². The van der Waals surface area contributed by atoms with Crippen LogP contribution in [0.5, 0.6) is 11.5 Å². The van der Waals surface area contributed by atoms with E-state index in [1.807, 2.05) is 85.8 Å². The fourth-order valence-corrected chi connectivity index (χ4v) is 16.3. The van der Waals surface area contributed by atoms with E-state index in [0.29, 0.717) is 125 Å². The number of carbonyl (C=O) groups excluding carboxylic acids is 7. The number of allylic oxidation sites excluding steroid dienone is 3. The van der Waals surface area contributed by atoms with E-state index in [1.54, 1.807) is 64.5 Å². The third kappa shape index (κ3) is 27.8. The molecule has 115 heavy (non-hydrogen) atoms. The Kier molecular flexibility index (Phi) is 35.1. The fraction of sp³-hybridized carbons (Fsp3) is 0.500. The van der Waals surface area contributed by atoms with E-state index in [4.69, 9.17) is 60.0 Å². The molecule has 2 aromatic carbocycles. The molecule has 7 heterocycles. The van der Waals surface area contributed by atoms with Gasteiger partial charge in [-0.1, -0.05) is 134 Å². The molecule has 8 atom stereocenters. The molecular weight excluding hydrogens is 1520 g/mol. The molecule has 0 saturated carbocycles. The lowest BCUT2D eigenvalue weighted by Crippen LogP contribution is -2.63. The van der Waals surface area contributed by atoms with Gasteiger partial charge >= 0.3 is 12.1 Å². The van der Waals surface area contributed by atoms with Crippen molar-refractivity contribution in [2.45, 2.75) is 219 Å². The number of aliphatic hydroxyl groups is 1. The van der Waals surface area contributed by atoms with Crippen molar-refractivity contribution in [1.82, 2.24) is 45.3 Å². The van der Waals surface area contributed by atoms with Gasteiger partial charge in [-0.15, -0.1) is 0 Å². The van der Waals surface area contributed by atoms with E-state index in [0.717, 1.165) is 83.6 Å². The Hall–Kier alpha value is -9.00. The van der Waals surface area contributed by atoms with Gasteiger partial charge in [-0.3, -0.25) is 49.1 Å². The van der Waals surface area contributed by atoms with Gasteiger partial charge in [-0.05, 0) is 142 Å². The molecular formula is C86H113ClN12O14S2. The number of benzene rings is 2. The number of halogens is 1. The molecule has 1 unspecified atom stereocenters. The zero-order valence-electron chi connectivity index (χ0n) is 67.9. The minimum absolute atomic E-state index is 0.0613. The molecule has 3 aliphatic heterocycles. The summed E-state index contributed by atoms with van der Waals surface area (Å²) in [4.78, 5) is 121. The first-order chi connectivity index (χ1) is 55.3. The van der Waals surface area contributed by atoms with Crippen LogP contribution in [-0.4, -0.2) is 176 Å². The van der Waals surface area contributed by atoms with Crippen LogP contribution in [0.15, 0.2) is 139 Å². The minimum Gasteiger partial charge on any atom is -0.495 e. The van der Waals surface area contributed by atoms with E-state index in [-0.39, 0.29) is 54.3 Å². The third-order valence-electron chi connectivity index (χ3n) is 20.6. The highest BCUT2D eigenvalue weighted by Crippen LogP contribution is 2.49.